The van der Waals surface area contributed by atoms with E-state index < -0.39 is 0 Å². The van der Waals surface area contributed by atoms with Crippen molar-refractivity contribution in [2.75, 3.05) is 11.1 Å². The molecule has 3 aromatic heterocycles. The zero-order chi connectivity index (χ0) is 23.2. The van der Waals surface area contributed by atoms with Crippen molar-refractivity contribution >= 4 is 22.4 Å². The molecule has 6 nitrogen and oxygen atoms in total. The minimum Gasteiger partial charge on any atom is -0.398 e. The number of nitrogens with two attached hydrogens (primary N) is 1. The standard InChI is InChI=1S/C25H26N6.C2H2/c1-16(17-4-2-3-5-17)29-21-11-20(13-28-14-21)18-6-7-22(26)19(10-18)12-25-30-23-8-9-27-15-24(23)31-25;1-2/h6-11,13-15,17,29H,1-5,12,26H2,(H,30,31);1-2H. The second-order valence-corrected chi connectivity index (χ2v) is 8.26. The number of H-pyrrole nitrogens is 1. The van der Waals surface area contributed by atoms with Crippen LogP contribution in [0.1, 0.15) is 37.1 Å². The van der Waals surface area contributed by atoms with E-state index in [4.69, 9.17) is 5.73 Å². The van der Waals surface area contributed by atoms with Gasteiger partial charge in [-0.2, -0.15) is 0 Å². The lowest BCUT2D eigenvalue weighted by Crippen LogP contribution is -2.07. The molecule has 3 heterocycles. The van der Waals surface area contributed by atoms with Gasteiger partial charge in [-0.05, 0) is 54.2 Å². The number of anilines is 2. The number of benzene rings is 1. The first kappa shape index (κ1) is 22.1. The highest BCUT2D eigenvalue weighted by atomic mass is 14.9. The monoisotopic (exact) mass is 436 g/mol. The van der Waals surface area contributed by atoms with E-state index in [2.05, 4.69) is 56.8 Å². The van der Waals surface area contributed by atoms with Crippen molar-refractivity contribution in [1.29, 1.82) is 0 Å². The number of nitrogens with one attached hydrogen (secondary N) is 2. The lowest BCUT2D eigenvalue weighted by Gasteiger charge is -2.16. The molecule has 1 aliphatic carbocycles. The fraction of sp³-hybridized carbons (Fsp3) is 0.222. The summed E-state index contributed by atoms with van der Waals surface area (Å²) in [6.07, 6.45) is 20.9. The fourth-order valence-electron chi connectivity index (χ4n) is 4.34. The van der Waals surface area contributed by atoms with Gasteiger partial charge in [-0.1, -0.05) is 25.5 Å². The second-order valence-electron chi connectivity index (χ2n) is 8.26. The number of hydrogen-bond acceptors (Lipinski definition) is 5. The van der Waals surface area contributed by atoms with Crippen molar-refractivity contribution in [3.63, 3.8) is 0 Å². The SMILES string of the molecule is C#C.C=C(Nc1cncc(-c2ccc(N)c(Cc3nc4ccncc4[nH]3)c2)c1)C1CCCC1. The number of aromatic nitrogens is 4. The van der Waals surface area contributed by atoms with E-state index >= 15 is 0 Å². The summed E-state index contributed by atoms with van der Waals surface area (Å²) in [5.74, 6) is 1.43. The predicted molar refractivity (Wildman–Crippen MR) is 135 cm³/mol. The molecule has 1 aromatic carbocycles. The summed E-state index contributed by atoms with van der Waals surface area (Å²) in [5.41, 5.74) is 14.1. The van der Waals surface area contributed by atoms with Crippen LogP contribution in [0, 0.1) is 18.8 Å². The first-order valence-electron chi connectivity index (χ1n) is 11.1. The van der Waals surface area contributed by atoms with Gasteiger partial charge in [-0.15, -0.1) is 12.8 Å². The number of allylic oxidation sites excluding steroid dienone is 1. The fourth-order valence-corrected chi connectivity index (χ4v) is 4.34. The van der Waals surface area contributed by atoms with Crippen molar-refractivity contribution in [3.05, 3.63) is 78.8 Å². The molecule has 0 saturated heterocycles. The van der Waals surface area contributed by atoms with Gasteiger partial charge in [-0.3, -0.25) is 9.97 Å². The highest BCUT2D eigenvalue weighted by Crippen LogP contribution is 2.32. The summed E-state index contributed by atoms with van der Waals surface area (Å²) in [7, 11) is 0. The number of terminal acetylenes is 1. The third kappa shape index (κ3) is 5.04. The van der Waals surface area contributed by atoms with Crippen molar-refractivity contribution in [3.8, 4) is 24.0 Å². The Labute approximate surface area is 194 Å². The number of nitrogens with zero attached hydrogens (tertiary/aromatic N) is 3. The minimum absolute atomic E-state index is 0.561. The van der Waals surface area contributed by atoms with Crippen LogP contribution in [-0.2, 0) is 6.42 Å². The van der Waals surface area contributed by atoms with E-state index in [1.807, 2.05) is 30.6 Å². The molecule has 4 aromatic rings. The molecule has 6 heteroatoms. The smallest absolute Gasteiger partial charge is 0.111 e. The van der Waals surface area contributed by atoms with E-state index in [1.54, 1.807) is 12.4 Å². The van der Waals surface area contributed by atoms with Crippen LogP contribution in [0.2, 0.25) is 0 Å². The molecule has 1 saturated carbocycles. The van der Waals surface area contributed by atoms with Crippen molar-refractivity contribution in [2.24, 2.45) is 5.92 Å². The maximum atomic E-state index is 6.28. The average Bonchev–Trinajstić information content (AvgIpc) is 3.52. The number of imidazole rings is 1. The van der Waals surface area contributed by atoms with E-state index in [1.165, 1.54) is 25.7 Å². The van der Waals surface area contributed by atoms with Gasteiger partial charge in [0.1, 0.15) is 5.82 Å². The lowest BCUT2D eigenvalue weighted by molar-refractivity contribution is 0.649. The van der Waals surface area contributed by atoms with Crippen molar-refractivity contribution in [2.45, 2.75) is 32.1 Å². The van der Waals surface area contributed by atoms with Gasteiger partial charge in [0.15, 0.2) is 0 Å². The quantitative estimate of drug-likeness (QED) is 0.272. The Hall–Kier alpha value is -4.11. The number of nitrogen functional groups attached to an aromatic ring is 1. The maximum Gasteiger partial charge on any atom is 0.111 e. The van der Waals surface area contributed by atoms with E-state index in [-0.39, 0.29) is 0 Å². The van der Waals surface area contributed by atoms with Crippen LogP contribution in [0.5, 0.6) is 0 Å². The number of fused-ring (bicyclic) bond motifs is 1. The summed E-state index contributed by atoms with van der Waals surface area (Å²) in [5, 5.41) is 3.47. The number of rotatable bonds is 6. The number of hydrogen-bond donors (Lipinski definition) is 3. The van der Waals surface area contributed by atoms with Crippen molar-refractivity contribution in [1.82, 2.24) is 19.9 Å². The Morgan fingerprint density at radius 1 is 1.06 bits per heavy atom. The summed E-state index contributed by atoms with van der Waals surface area (Å²) < 4.78 is 0. The molecule has 0 unspecified atom stereocenters. The van der Waals surface area contributed by atoms with Crippen molar-refractivity contribution < 1.29 is 0 Å². The van der Waals surface area contributed by atoms with Crippen LogP contribution in [0.3, 0.4) is 0 Å². The Kier molecular flexibility index (Phi) is 6.70. The van der Waals surface area contributed by atoms with Gasteiger partial charge in [0.05, 0.1) is 29.1 Å². The van der Waals surface area contributed by atoms with E-state index in [0.717, 1.165) is 50.6 Å². The largest absolute Gasteiger partial charge is 0.398 e. The molecule has 5 rings (SSSR count). The van der Waals surface area contributed by atoms with Gasteiger partial charge < -0.3 is 16.0 Å². The van der Waals surface area contributed by atoms with Crippen LogP contribution < -0.4 is 11.1 Å². The number of aromatic amines is 1. The third-order valence-electron chi connectivity index (χ3n) is 6.06. The first-order chi connectivity index (χ1) is 16.2. The second kappa shape index (κ2) is 10.0. The molecule has 33 heavy (non-hydrogen) atoms. The molecular formula is C27H28N6. The van der Waals surface area contributed by atoms with Crippen LogP contribution in [0.4, 0.5) is 11.4 Å². The summed E-state index contributed by atoms with van der Waals surface area (Å²) in [6, 6.07) is 10.1. The Bertz CT molecular complexity index is 1250. The van der Waals surface area contributed by atoms with Crippen LogP contribution in [0.25, 0.3) is 22.2 Å². The van der Waals surface area contributed by atoms with Gasteiger partial charge in [0.25, 0.3) is 0 Å². The van der Waals surface area contributed by atoms with Gasteiger partial charge in [-0.25, -0.2) is 4.98 Å². The Morgan fingerprint density at radius 2 is 1.88 bits per heavy atom. The Balaban J connectivity index is 0.00000126. The molecule has 1 aliphatic rings. The molecule has 0 radical (unpaired) electrons. The van der Waals surface area contributed by atoms with Gasteiger partial charge in [0.2, 0.25) is 0 Å². The number of pyridine rings is 2. The zero-order valence-corrected chi connectivity index (χ0v) is 18.6. The highest BCUT2D eigenvalue weighted by molar-refractivity contribution is 5.74. The molecule has 4 N–H and O–H groups in total. The van der Waals surface area contributed by atoms with Gasteiger partial charge in [0, 0.05) is 35.8 Å². The summed E-state index contributed by atoms with van der Waals surface area (Å²) >= 11 is 0. The molecule has 0 atom stereocenters. The molecule has 166 valence electrons. The normalized spacial score (nSPS) is 13.4. The van der Waals surface area contributed by atoms with Crippen LogP contribution in [0.15, 0.2) is 67.4 Å². The first-order valence-corrected chi connectivity index (χ1v) is 11.1. The van der Waals surface area contributed by atoms with Crippen LogP contribution >= 0.6 is 0 Å². The maximum absolute atomic E-state index is 6.28. The van der Waals surface area contributed by atoms with Crippen LogP contribution in [-0.4, -0.2) is 19.9 Å². The highest BCUT2D eigenvalue weighted by Gasteiger charge is 2.18. The van der Waals surface area contributed by atoms with E-state index in [0.29, 0.717) is 12.3 Å². The topological polar surface area (TPSA) is 92.5 Å². The molecule has 0 aliphatic heterocycles. The average molecular weight is 437 g/mol. The molecular weight excluding hydrogens is 408 g/mol. The summed E-state index contributed by atoms with van der Waals surface area (Å²) in [4.78, 5) is 16.6. The lowest BCUT2D eigenvalue weighted by atomic mass is 10.0. The molecule has 0 spiro atoms. The van der Waals surface area contributed by atoms with E-state index in [9.17, 15) is 0 Å². The zero-order valence-electron chi connectivity index (χ0n) is 18.6. The third-order valence-corrected chi connectivity index (χ3v) is 6.06. The summed E-state index contributed by atoms with van der Waals surface area (Å²) in [6.45, 7) is 4.25. The molecule has 0 bridgehead atoms. The molecule has 0 amide bonds. The predicted octanol–water partition coefficient (Wildman–Crippen LogP) is 5.56. The minimum atomic E-state index is 0.561. The Morgan fingerprint density at radius 3 is 2.67 bits per heavy atom. The van der Waals surface area contributed by atoms with Gasteiger partial charge >= 0.3 is 0 Å². The molecule has 1 fully saturated rings.